The maximum Gasteiger partial charge on any atom is 0.405 e. The maximum atomic E-state index is 12.5. The molecule has 0 saturated carbocycles. The number of hydrogen-bond acceptors (Lipinski definition) is 4. The van der Waals surface area contributed by atoms with Crippen molar-refractivity contribution in [3.05, 3.63) is 42.5 Å². The molecule has 6 nitrogen and oxygen atoms in total. The summed E-state index contributed by atoms with van der Waals surface area (Å²) < 4.78 is 10.9. The van der Waals surface area contributed by atoms with E-state index in [2.05, 4.69) is 18.8 Å². The van der Waals surface area contributed by atoms with Crippen LogP contribution in [-0.4, -0.2) is 35.9 Å². The van der Waals surface area contributed by atoms with Gasteiger partial charge in [-0.3, -0.25) is 0 Å². The average Bonchev–Trinajstić information content (AvgIpc) is 2.69. The number of carbonyl (C=O) groups is 2. The molecule has 0 bridgehead atoms. The normalized spacial score (nSPS) is 12.6. The van der Waals surface area contributed by atoms with Crippen molar-refractivity contribution in [2.24, 2.45) is 0 Å². The van der Waals surface area contributed by atoms with Gasteiger partial charge in [-0.2, -0.15) is 0 Å². The first-order valence-electron chi connectivity index (χ1n) is 10.5. The lowest BCUT2D eigenvalue weighted by molar-refractivity contribution is -0.151. The summed E-state index contributed by atoms with van der Waals surface area (Å²) >= 11 is 0. The predicted molar refractivity (Wildman–Crippen MR) is 114 cm³/mol. The van der Waals surface area contributed by atoms with Crippen molar-refractivity contribution in [3.63, 3.8) is 0 Å². The van der Waals surface area contributed by atoms with Crippen LogP contribution < -0.4 is 10.1 Å². The molecule has 0 aliphatic carbocycles. The Kier molecular flexibility index (Phi) is 11.5. The number of hydrogen-bond donors (Lipinski definition) is 2. The summed E-state index contributed by atoms with van der Waals surface area (Å²) in [6.45, 7) is 8.44. The summed E-state index contributed by atoms with van der Waals surface area (Å²) in [6, 6.07) is 7.70. The van der Waals surface area contributed by atoms with Crippen molar-refractivity contribution < 1.29 is 24.2 Å². The van der Waals surface area contributed by atoms with Crippen molar-refractivity contribution >= 4 is 12.1 Å². The summed E-state index contributed by atoms with van der Waals surface area (Å²) in [5.41, 5.74) is -0.345. The van der Waals surface area contributed by atoms with E-state index in [-0.39, 0.29) is 19.4 Å². The van der Waals surface area contributed by atoms with E-state index in [1.165, 1.54) is 31.8 Å². The second kappa shape index (κ2) is 13.6. The van der Waals surface area contributed by atoms with Gasteiger partial charge in [0.25, 0.3) is 0 Å². The van der Waals surface area contributed by atoms with Crippen LogP contribution in [0.2, 0.25) is 0 Å². The Morgan fingerprint density at radius 2 is 1.83 bits per heavy atom. The Labute approximate surface area is 174 Å². The van der Waals surface area contributed by atoms with Crippen molar-refractivity contribution in [2.75, 3.05) is 13.2 Å². The standard InChI is InChI=1S/C23H35NO5/c1-4-7-8-9-10-18-29-20-13-11-19(12-14-20)15-17-23(16-5-2,24-22(26)27)21(25)28-6-3/h5,11-14,24H,2,4,6-10,15-18H2,1,3H3,(H,26,27). The number of carbonyl (C=O) groups excluding carboxylic acids is 1. The number of aryl methyl sites for hydroxylation is 1. The van der Waals surface area contributed by atoms with Crippen LogP contribution in [0.1, 0.15) is 64.4 Å². The number of benzene rings is 1. The molecule has 0 aliphatic rings. The van der Waals surface area contributed by atoms with Gasteiger partial charge >= 0.3 is 12.1 Å². The van der Waals surface area contributed by atoms with Gasteiger partial charge in [0.15, 0.2) is 0 Å². The Morgan fingerprint density at radius 3 is 2.41 bits per heavy atom. The molecule has 1 aromatic carbocycles. The van der Waals surface area contributed by atoms with Gasteiger partial charge in [-0.05, 0) is 50.3 Å². The predicted octanol–water partition coefficient (Wildman–Crippen LogP) is 5.11. The highest BCUT2D eigenvalue weighted by Gasteiger charge is 2.40. The molecule has 1 atom stereocenters. The van der Waals surface area contributed by atoms with E-state index in [4.69, 9.17) is 9.47 Å². The van der Waals surface area contributed by atoms with Gasteiger partial charge in [-0.15, -0.1) is 6.58 Å². The fourth-order valence-corrected chi connectivity index (χ4v) is 3.18. The molecule has 162 valence electrons. The molecular formula is C23H35NO5. The lowest BCUT2D eigenvalue weighted by atomic mass is 9.88. The molecule has 0 aromatic heterocycles. The highest BCUT2D eigenvalue weighted by atomic mass is 16.5. The van der Waals surface area contributed by atoms with Gasteiger partial charge < -0.3 is 19.9 Å². The molecule has 1 amide bonds. The smallest absolute Gasteiger partial charge is 0.405 e. The average molecular weight is 406 g/mol. The lowest BCUT2D eigenvalue weighted by Crippen LogP contribution is -2.55. The summed E-state index contributed by atoms with van der Waals surface area (Å²) in [5, 5.41) is 11.6. The minimum Gasteiger partial charge on any atom is -0.494 e. The SMILES string of the molecule is C=CCC(CCc1ccc(OCCCCCCC)cc1)(NC(=O)O)C(=O)OCC. The molecule has 1 unspecified atom stereocenters. The van der Waals surface area contributed by atoms with Gasteiger partial charge in [-0.1, -0.05) is 50.8 Å². The van der Waals surface area contributed by atoms with Gasteiger partial charge in [-0.25, -0.2) is 9.59 Å². The van der Waals surface area contributed by atoms with Crippen molar-refractivity contribution in [1.82, 2.24) is 5.32 Å². The van der Waals surface area contributed by atoms with E-state index in [0.29, 0.717) is 13.0 Å². The highest BCUT2D eigenvalue weighted by molar-refractivity contribution is 5.85. The van der Waals surface area contributed by atoms with Gasteiger partial charge in [0.1, 0.15) is 11.3 Å². The molecule has 29 heavy (non-hydrogen) atoms. The van der Waals surface area contributed by atoms with Crippen LogP contribution in [0.25, 0.3) is 0 Å². The van der Waals surface area contributed by atoms with Gasteiger partial charge in [0, 0.05) is 0 Å². The number of unbranched alkanes of at least 4 members (excludes halogenated alkanes) is 4. The molecule has 0 spiro atoms. The van der Waals surface area contributed by atoms with Gasteiger partial charge in [0.2, 0.25) is 0 Å². The quantitative estimate of drug-likeness (QED) is 0.240. The Bertz CT molecular complexity index is 629. The Hall–Kier alpha value is -2.50. The van der Waals surface area contributed by atoms with Crippen molar-refractivity contribution in [3.8, 4) is 5.75 Å². The van der Waals surface area contributed by atoms with Crippen LogP contribution in [0.15, 0.2) is 36.9 Å². The first-order valence-corrected chi connectivity index (χ1v) is 10.5. The monoisotopic (exact) mass is 405 g/mol. The summed E-state index contributed by atoms with van der Waals surface area (Å²) in [6.07, 6.45) is 7.21. The molecule has 0 heterocycles. The zero-order valence-electron chi connectivity index (χ0n) is 17.7. The van der Waals surface area contributed by atoms with E-state index in [1.807, 2.05) is 24.3 Å². The third-order valence-electron chi connectivity index (χ3n) is 4.79. The number of carboxylic acid groups (broad SMARTS) is 1. The van der Waals surface area contributed by atoms with E-state index in [1.54, 1.807) is 6.92 Å². The molecular weight excluding hydrogens is 370 g/mol. The van der Waals surface area contributed by atoms with E-state index < -0.39 is 17.6 Å². The topological polar surface area (TPSA) is 84.9 Å². The van der Waals surface area contributed by atoms with Crippen LogP contribution in [0.4, 0.5) is 4.79 Å². The number of esters is 1. The zero-order valence-corrected chi connectivity index (χ0v) is 17.7. The summed E-state index contributed by atoms with van der Waals surface area (Å²) in [4.78, 5) is 23.7. The molecule has 0 saturated heterocycles. The first kappa shape index (κ1) is 24.5. The van der Waals surface area contributed by atoms with Crippen LogP contribution in [0.3, 0.4) is 0 Å². The third kappa shape index (κ3) is 9.03. The minimum absolute atomic E-state index is 0.164. The molecule has 2 N–H and O–H groups in total. The molecule has 1 aromatic rings. The number of rotatable bonds is 15. The van der Waals surface area contributed by atoms with Crippen LogP contribution in [0.5, 0.6) is 5.75 Å². The van der Waals surface area contributed by atoms with Crippen molar-refractivity contribution in [1.29, 1.82) is 0 Å². The van der Waals surface area contributed by atoms with Crippen molar-refractivity contribution in [2.45, 2.75) is 70.8 Å². The highest BCUT2D eigenvalue weighted by Crippen LogP contribution is 2.23. The fraction of sp³-hybridized carbons (Fsp3) is 0.565. The summed E-state index contributed by atoms with van der Waals surface area (Å²) in [5.74, 6) is 0.237. The van der Waals surface area contributed by atoms with Crippen LogP contribution in [-0.2, 0) is 16.0 Å². The lowest BCUT2D eigenvalue weighted by Gasteiger charge is -2.30. The maximum absolute atomic E-state index is 12.5. The fourth-order valence-electron chi connectivity index (χ4n) is 3.18. The zero-order chi connectivity index (χ0) is 21.5. The van der Waals surface area contributed by atoms with E-state index in [0.717, 1.165) is 17.7 Å². The Morgan fingerprint density at radius 1 is 1.14 bits per heavy atom. The summed E-state index contributed by atoms with van der Waals surface area (Å²) in [7, 11) is 0. The second-order valence-corrected chi connectivity index (χ2v) is 7.13. The first-order chi connectivity index (χ1) is 14.0. The second-order valence-electron chi connectivity index (χ2n) is 7.13. The number of amides is 1. The number of ether oxygens (including phenoxy) is 2. The third-order valence-corrected chi connectivity index (χ3v) is 4.79. The molecule has 0 aliphatic heterocycles. The van der Waals surface area contributed by atoms with Crippen LogP contribution in [0, 0.1) is 0 Å². The van der Waals surface area contributed by atoms with Crippen LogP contribution >= 0.6 is 0 Å². The van der Waals surface area contributed by atoms with Gasteiger partial charge in [0.05, 0.1) is 13.2 Å². The number of nitrogens with one attached hydrogen (secondary N) is 1. The van der Waals surface area contributed by atoms with E-state index >= 15 is 0 Å². The molecule has 0 radical (unpaired) electrons. The minimum atomic E-state index is -1.34. The molecule has 6 heteroatoms. The van der Waals surface area contributed by atoms with E-state index in [9.17, 15) is 14.7 Å². The molecule has 1 rings (SSSR count). The Balaban J connectivity index is 2.65. The largest absolute Gasteiger partial charge is 0.494 e. The molecule has 0 fully saturated rings.